The van der Waals surface area contributed by atoms with E-state index in [2.05, 4.69) is 17.5 Å². The lowest BCUT2D eigenvalue weighted by atomic mass is 10.1. The molecule has 0 saturated carbocycles. The van der Waals surface area contributed by atoms with E-state index in [1.165, 1.54) is 16.0 Å². The summed E-state index contributed by atoms with van der Waals surface area (Å²) in [6, 6.07) is 17.4. The lowest BCUT2D eigenvalue weighted by Gasteiger charge is -2.23. The largest absolute Gasteiger partial charge is 0.399 e. The van der Waals surface area contributed by atoms with Gasteiger partial charge >= 0.3 is 0 Å². The zero-order chi connectivity index (χ0) is 15.8. The summed E-state index contributed by atoms with van der Waals surface area (Å²) in [6.07, 6.45) is 0.876. The molecule has 0 unspecified atom stereocenters. The number of fused-ring (bicyclic) bond motifs is 2. The number of hydrogen-bond acceptors (Lipinski definition) is 3. The molecule has 0 spiro atoms. The van der Waals surface area contributed by atoms with Gasteiger partial charge in [0.1, 0.15) is 0 Å². The molecule has 2 N–H and O–H groups in total. The second-order valence-electron chi connectivity index (χ2n) is 5.69. The van der Waals surface area contributed by atoms with Crippen LogP contribution in [-0.2, 0) is 13.0 Å². The number of carbonyl (C=O) groups is 1. The topological polar surface area (TPSA) is 46.3 Å². The summed E-state index contributed by atoms with van der Waals surface area (Å²) in [5.41, 5.74) is 10.6. The first-order valence-electron chi connectivity index (χ1n) is 7.53. The van der Waals surface area contributed by atoms with Crippen LogP contribution in [0.3, 0.4) is 0 Å². The van der Waals surface area contributed by atoms with Crippen molar-refractivity contribution >= 4 is 28.6 Å². The molecule has 0 saturated heterocycles. The van der Waals surface area contributed by atoms with Crippen molar-refractivity contribution in [1.29, 1.82) is 0 Å². The van der Waals surface area contributed by atoms with Gasteiger partial charge in [0.25, 0.3) is 5.91 Å². The van der Waals surface area contributed by atoms with E-state index in [0.717, 1.165) is 12.1 Å². The molecular weight excluding hydrogens is 304 g/mol. The van der Waals surface area contributed by atoms with Gasteiger partial charge in [0, 0.05) is 28.2 Å². The SMILES string of the molecule is Nc1ccc(C(=O)N2Cc3sccc3Cc3ccccc32)cc1. The summed E-state index contributed by atoms with van der Waals surface area (Å²) in [4.78, 5) is 16.2. The van der Waals surface area contributed by atoms with E-state index in [1.54, 1.807) is 35.6 Å². The summed E-state index contributed by atoms with van der Waals surface area (Å²) in [6.45, 7) is 0.618. The minimum atomic E-state index is 0.0127. The van der Waals surface area contributed by atoms with Gasteiger partial charge in [0.05, 0.1) is 6.54 Å². The van der Waals surface area contributed by atoms with Crippen molar-refractivity contribution in [2.75, 3.05) is 10.6 Å². The Morgan fingerprint density at radius 3 is 2.61 bits per heavy atom. The Morgan fingerprint density at radius 1 is 1.00 bits per heavy atom. The first-order chi connectivity index (χ1) is 11.2. The predicted molar refractivity (Wildman–Crippen MR) is 94.9 cm³/mol. The highest BCUT2D eigenvalue weighted by atomic mass is 32.1. The number of nitrogens with two attached hydrogens (primary N) is 1. The number of benzene rings is 2. The van der Waals surface area contributed by atoms with E-state index >= 15 is 0 Å². The number of carbonyl (C=O) groups excluding carboxylic acids is 1. The van der Waals surface area contributed by atoms with Crippen LogP contribution < -0.4 is 10.6 Å². The molecule has 0 radical (unpaired) electrons. The average molecular weight is 320 g/mol. The number of anilines is 2. The van der Waals surface area contributed by atoms with Gasteiger partial charge in [-0.3, -0.25) is 4.79 Å². The third kappa shape index (κ3) is 2.51. The Balaban J connectivity index is 1.80. The van der Waals surface area contributed by atoms with Crippen molar-refractivity contribution in [3.8, 4) is 0 Å². The second-order valence-corrected chi connectivity index (χ2v) is 6.69. The van der Waals surface area contributed by atoms with Gasteiger partial charge in [-0.15, -0.1) is 11.3 Å². The summed E-state index contributed by atoms with van der Waals surface area (Å²) in [5.74, 6) is 0.0127. The Hall–Kier alpha value is -2.59. The number of hydrogen-bond donors (Lipinski definition) is 1. The monoisotopic (exact) mass is 320 g/mol. The molecule has 1 aromatic heterocycles. The summed E-state index contributed by atoms with van der Waals surface area (Å²) in [7, 11) is 0. The molecule has 3 nitrogen and oxygen atoms in total. The maximum absolute atomic E-state index is 13.0. The molecule has 114 valence electrons. The lowest BCUT2D eigenvalue weighted by Crippen LogP contribution is -2.30. The van der Waals surface area contributed by atoms with Crippen molar-refractivity contribution in [2.24, 2.45) is 0 Å². The van der Waals surface area contributed by atoms with Crippen LogP contribution in [0.15, 0.2) is 60.0 Å². The zero-order valence-electron chi connectivity index (χ0n) is 12.5. The smallest absolute Gasteiger partial charge is 0.258 e. The molecule has 0 bridgehead atoms. The maximum Gasteiger partial charge on any atom is 0.258 e. The number of amides is 1. The fourth-order valence-corrected chi connectivity index (χ4v) is 3.88. The van der Waals surface area contributed by atoms with E-state index in [4.69, 9.17) is 5.73 Å². The molecule has 23 heavy (non-hydrogen) atoms. The highest BCUT2D eigenvalue weighted by Crippen LogP contribution is 2.33. The molecule has 1 amide bonds. The summed E-state index contributed by atoms with van der Waals surface area (Å²) < 4.78 is 0. The van der Waals surface area contributed by atoms with Crippen LogP contribution in [-0.4, -0.2) is 5.91 Å². The summed E-state index contributed by atoms with van der Waals surface area (Å²) >= 11 is 1.71. The highest BCUT2D eigenvalue weighted by molar-refractivity contribution is 7.10. The molecular formula is C19H16N2OS. The Bertz CT molecular complexity index is 867. The minimum Gasteiger partial charge on any atom is -0.399 e. The van der Waals surface area contributed by atoms with Crippen LogP contribution in [0.4, 0.5) is 11.4 Å². The van der Waals surface area contributed by atoms with Crippen molar-refractivity contribution in [1.82, 2.24) is 0 Å². The van der Waals surface area contributed by atoms with Gasteiger partial charge in [-0.05, 0) is 52.9 Å². The van der Waals surface area contributed by atoms with Crippen LogP contribution in [0.2, 0.25) is 0 Å². The predicted octanol–water partition coefficient (Wildman–Crippen LogP) is 4.08. The van der Waals surface area contributed by atoms with Crippen molar-refractivity contribution in [3.63, 3.8) is 0 Å². The number of nitrogens with zero attached hydrogens (tertiary/aromatic N) is 1. The molecule has 2 heterocycles. The third-order valence-electron chi connectivity index (χ3n) is 4.21. The van der Waals surface area contributed by atoms with E-state index < -0.39 is 0 Å². The van der Waals surface area contributed by atoms with Crippen LogP contribution in [0.1, 0.15) is 26.4 Å². The first kappa shape index (κ1) is 14.0. The van der Waals surface area contributed by atoms with Gasteiger partial charge in [-0.2, -0.15) is 0 Å². The fourth-order valence-electron chi connectivity index (χ4n) is 2.98. The van der Waals surface area contributed by atoms with E-state index in [-0.39, 0.29) is 5.91 Å². The number of para-hydroxylation sites is 1. The summed E-state index contributed by atoms with van der Waals surface area (Å²) in [5, 5.41) is 2.10. The zero-order valence-corrected chi connectivity index (χ0v) is 13.3. The van der Waals surface area contributed by atoms with Crippen LogP contribution >= 0.6 is 11.3 Å². The first-order valence-corrected chi connectivity index (χ1v) is 8.41. The van der Waals surface area contributed by atoms with Crippen molar-refractivity contribution < 1.29 is 4.79 Å². The highest BCUT2D eigenvalue weighted by Gasteiger charge is 2.25. The van der Waals surface area contributed by atoms with Gasteiger partial charge < -0.3 is 10.6 Å². The quantitative estimate of drug-likeness (QED) is 0.687. The van der Waals surface area contributed by atoms with Crippen molar-refractivity contribution in [3.05, 3.63) is 81.5 Å². The lowest BCUT2D eigenvalue weighted by molar-refractivity contribution is 0.0985. The van der Waals surface area contributed by atoms with Crippen LogP contribution in [0.5, 0.6) is 0 Å². The minimum absolute atomic E-state index is 0.0127. The molecule has 0 aliphatic carbocycles. The van der Waals surface area contributed by atoms with Gasteiger partial charge in [0.2, 0.25) is 0 Å². The molecule has 3 aromatic rings. The molecule has 2 aromatic carbocycles. The third-order valence-corrected chi connectivity index (χ3v) is 5.15. The maximum atomic E-state index is 13.0. The Morgan fingerprint density at radius 2 is 1.78 bits per heavy atom. The second kappa shape index (κ2) is 5.56. The number of rotatable bonds is 1. The molecule has 1 aliphatic rings. The van der Waals surface area contributed by atoms with E-state index in [1.807, 2.05) is 23.1 Å². The number of thiophene rings is 1. The van der Waals surface area contributed by atoms with E-state index in [9.17, 15) is 4.79 Å². The number of nitrogen functional groups attached to an aromatic ring is 1. The Kier molecular flexibility index (Phi) is 3.39. The molecule has 4 heteroatoms. The van der Waals surface area contributed by atoms with Crippen LogP contribution in [0, 0.1) is 0 Å². The fraction of sp³-hybridized carbons (Fsp3) is 0.105. The molecule has 0 fully saturated rings. The normalized spacial score (nSPS) is 13.1. The van der Waals surface area contributed by atoms with Crippen LogP contribution in [0.25, 0.3) is 0 Å². The van der Waals surface area contributed by atoms with E-state index in [0.29, 0.717) is 17.8 Å². The Labute approximate surface area is 139 Å². The average Bonchev–Trinajstić information content (AvgIpc) is 2.94. The van der Waals surface area contributed by atoms with Crippen molar-refractivity contribution in [2.45, 2.75) is 13.0 Å². The standard InChI is InChI=1S/C19H16N2OS/c20-16-7-5-13(6-8-16)19(22)21-12-18-15(9-10-23-18)11-14-3-1-2-4-17(14)21/h1-10H,11-12,20H2. The molecule has 0 atom stereocenters. The molecule has 4 rings (SSSR count). The molecule has 1 aliphatic heterocycles. The van der Waals surface area contributed by atoms with Gasteiger partial charge in [-0.1, -0.05) is 18.2 Å². The van der Waals surface area contributed by atoms with Gasteiger partial charge in [0.15, 0.2) is 0 Å². The van der Waals surface area contributed by atoms with Gasteiger partial charge in [-0.25, -0.2) is 0 Å².